The second-order valence-electron chi connectivity index (χ2n) is 5.39. The molecule has 1 N–H and O–H groups in total. The van der Waals surface area contributed by atoms with Gasteiger partial charge in [-0.25, -0.2) is 5.10 Å². The van der Waals surface area contributed by atoms with Crippen LogP contribution in [0.3, 0.4) is 0 Å². The quantitative estimate of drug-likeness (QED) is 0.569. The molecular weight excluding hydrogens is 322 g/mol. The second-order valence-corrected chi connectivity index (χ2v) is 5.78. The molecule has 0 aliphatic heterocycles. The summed E-state index contributed by atoms with van der Waals surface area (Å²) in [6.45, 7) is 3.97. The Labute approximate surface area is 144 Å². The molecule has 0 bridgehead atoms. The van der Waals surface area contributed by atoms with Crippen LogP contribution in [0.4, 0.5) is 0 Å². The number of aromatic amines is 1. The molecule has 2 aromatic heterocycles. The van der Waals surface area contributed by atoms with Gasteiger partial charge in [0.1, 0.15) is 5.75 Å². The van der Waals surface area contributed by atoms with E-state index in [2.05, 4.69) is 20.3 Å². The lowest BCUT2D eigenvalue weighted by Crippen LogP contribution is -2.05. The number of rotatable bonds is 5. The number of ether oxygens (including phenoxy) is 1. The van der Waals surface area contributed by atoms with Crippen molar-refractivity contribution in [2.24, 2.45) is 5.10 Å². The summed E-state index contributed by atoms with van der Waals surface area (Å²) in [5.74, 6) is 1.40. The number of hydrogen-bond acceptors (Lipinski definition) is 5. The van der Waals surface area contributed by atoms with Crippen LogP contribution in [0, 0.1) is 4.77 Å². The van der Waals surface area contributed by atoms with Crippen molar-refractivity contribution in [3.8, 4) is 17.1 Å². The van der Waals surface area contributed by atoms with Crippen LogP contribution < -0.4 is 4.74 Å². The normalized spacial score (nSPS) is 11.3. The molecule has 6 nitrogen and oxygen atoms in total. The van der Waals surface area contributed by atoms with Crippen molar-refractivity contribution < 1.29 is 4.74 Å². The van der Waals surface area contributed by atoms with Crippen LogP contribution in [0.2, 0.25) is 0 Å². The third-order valence-corrected chi connectivity index (χ3v) is 3.39. The number of pyridine rings is 1. The third kappa shape index (κ3) is 3.75. The molecule has 122 valence electrons. The van der Waals surface area contributed by atoms with E-state index in [1.54, 1.807) is 23.3 Å². The lowest BCUT2D eigenvalue weighted by Gasteiger charge is -2.10. The van der Waals surface area contributed by atoms with E-state index < -0.39 is 0 Å². The topological polar surface area (TPSA) is 68.1 Å². The first kappa shape index (κ1) is 16.1. The first-order valence-corrected chi connectivity index (χ1v) is 7.93. The monoisotopic (exact) mass is 339 g/mol. The highest BCUT2D eigenvalue weighted by atomic mass is 32.1. The number of benzene rings is 1. The Kier molecular flexibility index (Phi) is 4.81. The zero-order valence-corrected chi connectivity index (χ0v) is 14.2. The lowest BCUT2D eigenvalue weighted by molar-refractivity contribution is 0.242. The van der Waals surface area contributed by atoms with Crippen molar-refractivity contribution in [1.82, 2.24) is 19.9 Å². The fourth-order valence-corrected chi connectivity index (χ4v) is 2.32. The summed E-state index contributed by atoms with van der Waals surface area (Å²) in [5.41, 5.74) is 1.74. The van der Waals surface area contributed by atoms with E-state index in [1.165, 1.54) is 0 Å². The largest absolute Gasteiger partial charge is 0.491 e. The average molecular weight is 339 g/mol. The fourth-order valence-electron chi connectivity index (χ4n) is 2.14. The van der Waals surface area contributed by atoms with Gasteiger partial charge in [-0.05, 0) is 44.3 Å². The van der Waals surface area contributed by atoms with E-state index in [0.717, 1.165) is 16.9 Å². The Morgan fingerprint density at radius 3 is 2.92 bits per heavy atom. The summed E-state index contributed by atoms with van der Waals surface area (Å²) < 4.78 is 7.73. The molecule has 3 aromatic rings. The van der Waals surface area contributed by atoms with E-state index in [0.29, 0.717) is 10.6 Å². The summed E-state index contributed by atoms with van der Waals surface area (Å²) in [6.07, 6.45) is 5.23. The third-order valence-electron chi connectivity index (χ3n) is 3.12. The predicted molar refractivity (Wildman–Crippen MR) is 95.8 cm³/mol. The summed E-state index contributed by atoms with van der Waals surface area (Å²) >= 11 is 5.28. The van der Waals surface area contributed by atoms with Crippen molar-refractivity contribution in [3.63, 3.8) is 0 Å². The van der Waals surface area contributed by atoms with Gasteiger partial charge in [0, 0.05) is 23.5 Å². The average Bonchev–Trinajstić information content (AvgIpc) is 2.94. The second kappa shape index (κ2) is 7.18. The van der Waals surface area contributed by atoms with Gasteiger partial charge in [-0.3, -0.25) is 4.98 Å². The zero-order chi connectivity index (χ0) is 16.9. The van der Waals surface area contributed by atoms with Gasteiger partial charge in [0.15, 0.2) is 5.82 Å². The highest BCUT2D eigenvalue weighted by Gasteiger charge is 2.09. The van der Waals surface area contributed by atoms with Gasteiger partial charge in [-0.1, -0.05) is 18.2 Å². The Balaban J connectivity index is 1.96. The maximum Gasteiger partial charge on any atom is 0.216 e. The molecule has 1 aromatic carbocycles. The highest BCUT2D eigenvalue weighted by molar-refractivity contribution is 7.71. The van der Waals surface area contributed by atoms with Crippen molar-refractivity contribution in [3.05, 3.63) is 59.1 Å². The molecular formula is C17H17N5OS. The SMILES string of the molecule is CC(C)Oc1cccc(-c2n[nH]c(=S)n2/N=C/c2cccnc2)c1. The van der Waals surface area contributed by atoms with Crippen molar-refractivity contribution in [2.75, 3.05) is 0 Å². The molecule has 0 saturated heterocycles. The fraction of sp³-hybridized carbons (Fsp3) is 0.176. The Morgan fingerprint density at radius 2 is 2.17 bits per heavy atom. The molecule has 0 radical (unpaired) electrons. The molecule has 0 aliphatic rings. The zero-order valence-electron chi connectivity index (χ0n) is 13.4. The summed E-state index contributed by atoms with van der Waals surface area (Å²) in [4.78, 5) is 4.06. The number of hydrogen-bond donors (Lipinski definition) is 1. The van der Waals surface area contributed by atoms with Crippen LogP contribution >= 0.6 is 12.2 Å². The van der Waals surface area contributed by atoms with Crippen LogP contribution in [0.25, 0.3) is 11.4 Å². The number of aromatic nitrogens is 4. The van der Waals surface area contributed by atoms with E-state index >= 15 is 0 Å². The molecule has 0 atom stereocenters. The molecule has 0 saturated carbocycles. The predicted octanol–water partition coefficient (Wildman–Crippen LogP) is 3.67. The number of nitrogens with one attached hydrogen (secondary N) is 1. The molecule has 2 heterocycles. The van der Waals surface area contributed by atoms with Gasteiger partial charge < -0.3 is 4.74 Å². The first-order chi connectivity index (χ1) is 11.6. The molecule has 0 unspecified atom stereocenters. The Bertz CT molecular complexity index is 899. The van der Waals surface area contributed by atoms with Crippen LogP contribution in [0.15, 0.2) is 53.9 Å². The van der Waals surface area contributed by atoms with Crippen molar-refractivity contribution >= 4 is 18.4 Å². The van der Waals surface area contributed by atoms with Gasteiger partial charge in [-0.15, -0.1) is 0 Å². The van der Waals surface area contributed by atoms with Gasteiger partial charge in [0.2, 0.25) is 4.77 Å². The molecule has 24 heavy (non-hydrogen) atoms. The maximum atomic E-state index is 5.73. The Morgan fingerprint density at radius 1 is 1.29 bits per heavy atom. The molecule has 0 aliphatic carbocycles. The molecule has 3 rings (SSSR count). The standard InChI is InChI=1S/C17H17N5OS/c1-12(2)23-15-7-3-6-14(9-15)16-20-21-17(24)22(16)19-11-13-5-4-8-18-10-13/h3-12H,1-2H3,(H,21,24)/b19-11+. The number of H-pyrrole nitrogens is 1. The van der Waals surface area contributed by atoms with Crippen LogP contribution in [0.5, 0.6) is 5.75 Å². The van der Waals surface area contributed by atoms with E-state index in [1.807, 2.05) is 50.2 Å². The summed E-state index contributed by atoms with van der Waals surface area (Å²) in [5, 5.41) is 11.5. The van der Waals surface area contributed by atoms with Crippen LogP contribution in [-0.2, 0) is 0 Å². The van der Waals surface area contributed by atoms with Gasteiger partial charge in [-0.2, -0.15) is 14.9 Å². The van der Waals surface area contributed by atoms with Gasteiger partial charge >= 0.3 is 0 Å². The van der Waals surface area contributed by atoms with E-state index in [9.17, 15) is 0 Å². The maximum absolute atomic E-state index is 5.73. The lowest BCUT2D eigenvalue weighted by atomic mass is 10.2. The summed E-state index contributed by atoms with van der Waals surface area (Å²) in [7, 11) is 0. The van der Waals surface area contributed by atoms with Gasteiger partial charge in [0.25, 0.3) is 0 Å². The Hall–Kier alpha value is -2.80. The van der Waals surface area contributed by atoms with Crippen molar-refractivity contribution in [1.29, 1.82) is 0 Å². The van der Waals surface area contributed by atoms with Crippen LogP contribution in [0.1, 0.15) is 19.4 Å². The summed E-state index contributed by atoms with van der Waals surface area (Å²) in [6, 6.07) is 11.4. The molecule has 7 heteroatoms. The van der Waals surface area contributed by atoms with E-state index in [4.69, 9.17) is 17.0 Å². The highest BCUT2D eigenvalue weighted by Crippen LogP contribution is 2.23. The van der Waals surface area contributed by atoms with Gasteiger partial charge in [0.05, 0.1) is 12.3 Å². The minimum Gasteiger partial charge on any atom is -0.491 e. The minimum atomic E-state index is 0.102. The first-order valence-electron chi connectivity index (χ1n) is 7.52. The minimum absolute atomic E-state index is 0.102. The molecule has 0 spiro atoms. The molecule has 0 amide bonds. The van der Waals surface area contributed by atoms with Crippen LogP contribution in [-0.4, -0.2) is 32.2 Å². The number of nitrogens with zero attached hydrogens (tertiary/aromatic N) is 4. The molecule has 0 fully saturated rings. The van der Waals surface area contributed by atoms with Crippen molar-refractivity contribution in [2.45, 2.75) is 20.0 Å². The van der Waals surface area contributed by atoms with E-state index in [-0.39, 0.29) is 6.10 Å². The smallest absolute Gasteiger partial charge is 0.216 e.